The van der Waals surface area contributed by atoms with Crippen LogP contribution in [0.15, 0.2) is 59.5 Å². The SMILES string of the molecule is O=C(c1ccc(SCc2ccccc2)cc1)N1CCC(C2OCCO2)CC1. The van der Waals surface area contributed by atoms with E-state index in [1.54, 1.807) is 11.8 Å². The van der Waals surface area contributed by atoms with Gasteiger partial charge in [-0.3, -0.25) is 4.79 Å². The molecule has 2 fully saturated rings. The lowest BCUT2D eigenvalue weighted by molar-refractivity contribution is -0.0956. The highest BCUT2D eigenvalue weighted by Crippen LogP contribution is 2.27. The van der Waals surface area contributed by atoms with Crippen LogP contribution in [0.2, 0.25) is 0 Å². The van der Waals surface area contributed by atoms with Gasteiger partial charge >= 0.3 is 0 Å². The van der Waals surface area contributed by atoms with Crippen molar-refractivity contribution in [2.75, 3.05) is 26.3 Å². The molecule has 2 aliphatic rings. The van der Waals surface area contributed by atoms with Crippen molar-refractivity contribution in [3.8, 4) is 0 Å². The number of hydrogen-bond donors (Lipinski definition) is 0. The lowest BCUT2D eigenvalue weighted by Crippen LogP contribution is -2.41. The van der Waals surface area contributed by atoms with Gasteiger partial charge in [-0.2, -0.15) is 0 Å². The minimum Gasteiger partial charge on any atom is -0.350 e. The maximum atomic E-state index is 12.8. The largest absolute Gasteiger partial charge is 0.350 e. The van der Waals surface area contributed by atoms with Crippen molar-refractivity contribution in [3.63, 3.8) is 0 Å². The van der Waals surface area contributed by atoms with Crippen LogP contribution in [0.4, 0.5) is 0 Å². The summed E-state index contributed by atoms with van der Waals surface area (Å²) in [6.45, 7) is 2.94. The summed E-state index contributed by atoms with van der Waals surface area (Å²) < 4.78 is 11.2. The number of nitrogens with zero attached hydrogens (tertiary/aromatic N) is 1. The van der Waals surface area contributed by atoms with Gasteiger partial charge in [-0.25, -0.2) is 0 Å². The minimum absolute atomic E-state index is 0.0665. The van der Waals surface area contributed by atoms with Crippen molar-refractivity contribution in [2.24, 2.45) is 5.92 Å². The van der Waals surface area contributed by atoms with Gasteiger partial charge in [0, 0.05) is 35.2 Å². The van der Waals surface area contributed by atoms with E-state index in [1.165, 1.54) is 10.5 Å². The second kappa shape index (κ2) is 8.91. The van der Waals surface area contributed by atoms with Gasteiger partial charge in [0.1, 0.15) is 0 Å². The molecule has 4 nitrogen and oxygen atoms in total. The zero-order valence-corrected chi connectivity index (χ0v) is 16.2. The summed E-state index contributed by atoms with van der Waals surface area (Å²) in [6, 6.07) is 18.4. The Morgan fingerprint density at radius 3 is 2.30 bits per heavy atom. The molecule has 2 heterocycles. The predicted octanol–water partition coefficient (Wildman–Crippen LogP) is 4.20. The minimum atomic E-state index is -0.0665. The molecule has 0 aromatic heterocycles. The highest BCUT2D eigenvalue weighted by atomic mass is 32.2. The van der Waals surface area contributed by atoms with Gasteiger partial charge in [-0.1, -0.05) is 30.3 Å². The van der Waals surface area contributed by atoms with Crippen LogP contribution in [-0.4, -0.2) is 43.4 Å². The Morgan fingerprint density at radius 2 is 1.63 bits per heavy atom. The van der Waals surface area contributed by atoms with Crippen LogP contribution in [0.3, 0.4) is 0 Å². The van der Waals surface area contributed by atoms with E-state index in [0.717, 1.165) is 37.2 Å². The molecule has 0 aliphatic carbocycles. The quantitative estimate of drug-likeness (QED) is 0.725. The summed E-state index contributed by atoms with van der Waals surface area (Å²) >= 11 is 1.79. The van der Waals surface area contributed by atoms with E-state index in [2.05, 4.69) is 24.3 Å². The summed E-state index contributed by atoms with van der Waals surface area (Å²) in [5.41, 5.74) is 2.08. The molecule has 0 atom stereocenters. The van der Waals surface area contributed by atoms with E-state index in [1.807, 2.05) is 35.2 Å². The molecule has 0 bridgehead atoms. The van der Waals surface area contributed by atoms with E-state index in [-0.39, 0.29) is 12.2 Å². The van der Waals surface area contributed by atoms with Crippen molar-refractivity contribution < 1.29 is 14.3 Å². The first-order valence-corrected chi connectivity index (χ1v) is 10.6. The number of piperidine rings is 1. The van der Waals surface area contributed by atoms with E-state index in [4.69, 9.17) is 9.47 Å². The Morgan fingerprint density at radius 1 is 0.963 bits per heavy atom. The van der Waals surface area contributed by atoms with E-state index >= 15 is 0 Å². The number of carbonyl (C=O) groups excluding carboxylic acids is 1. The molecule has 2 aromatic carbocycles. The monoisotopic (exact) mass is 383 g/mol. The number of ether oxygens (including phenoxy) is 2. The summed E-state index contributed by atoms with van der Waals surface area (Å²) in [5.74, 6) is 1.47. The topological polar surface area (TPSA) is 38.8 Å². The van der Waals surface area contributed by atoms with Gasteiger partial charge in [0.05, 0.1) is 13.2 Å². The fourth-order valence-electron chi connectivity index (χ4n) is 3.64. The second-order valence-corrected chi connectivity index (χ2v) is 8.09. The number of amides is 1. The normalized spacial score (nSPS) is 18.7. The summed E-state index contributed by atoms with van der Waals surface area (Å²) in [5, 5.41) is 0. The van der Waals surface area contributed by atoms with Crippen molar-refractivity contribution >= 4 is 17.7 Å². The number of benzene rings is 2. The van der Waals surface area contributed by atoms with Crippen LogP contribution in [0, 0.1) is 5.92 Å². The van der Waals surface area contributed by atoms with Crippen LogP contribution >= 0.6 is 11.8 Å². The van der Waals surface area contributed by atoms with E-state index < -0.39 is 0 Å². The zero-order chi connectivity index (χ0) is 18.5. The summed E-state index contributed by atoms with van der Waals surface area (Å²) in [6.07, 6.45) is 1.83. The number of carbonyl (C=O) groups is 1. The maximum Gasteiger partial charge on any atom is 0.253 e. The number of rotatable bonds is 5. The van der Waals surface area contributed by atoms with Crippen LogP contribution in [-0.2, 0) is 15.2 Å². The molecule has 27 heavy (non-hydrogen) atoms. The predicted molar refractivity (Wildman–Crippen MR) is 107 cm³/mol. The molecule has 5 heteroatoms. The van der Waals surface area contributed by atoms with Gasteiger partial charge in [-0.15, -0.1) is 11.8 Å². The van der Waals surface area contributed by atoms with Crippen LogP contribution < -0.4 is 0 Å². The molecular formula is C22H25NO3S. The lowest BCUT2D eigenvalue weighted by Gasteiger charge is -2.33. The Kier molecular flexibility index (Phi) is 6.12. The van der Waals surface area contributed by atoms with Crippen LogP contribution in [0.5, 0.6) is 0 Å². The standard InChI is InChI=1S/C22H25NO3S/c24-21(23-12-10-19(11-13-23)22-25-14-15-26-22)18-6-8-20(9-7-18)27-16-17-4-2-1-3-5-17/h1-9,19,22H,10-16H2. The summed E-state index contributed by atoms with van der Waals surface area (Å²) in [7, 11) is 0. The molecular weight excluding hydrogens is 358 g/mol. The fraction of sp³-hybridized carbons (Fsp3) is 0.409. The molecule has 0 radical (unpaired) electrons. The lowest BCUT2D eigenvalue weighted by atomic mass is 9.95. The third-order valence-corrected chi connectivity index (χ3v) is 6.29. The molecule has 2 aromatic rings. The van der Waals surface area contributed by atoms with Gasteiger partial charge in [-0.05, 0) is 42.7 Å². The van der Waals surface area contributed by atoms with Gasteiger partial charge < -0.3 is 14.4 Å². The first-order valence-electron chi connectivity index (χ1n) is 9.59. The van der Waals surface area contributed by atoms with Gasteiger partial charge in [0.15, 0.2) is 6.29 Å². The average molecular weight is 384 g/mol. The zero-order valence-electron chi connectivity index (χ0n) is 15.4. The molecule has 0 unspecified atom stereocenters. The number of likely N-dealkylation sites (tertiary alicyclic amines) is 1. The Bertz CT molecular complexity index is 736. The fourth-order valence-corrected chi connectivity index (χ4v) is 4.50. The second-order valence-electron chi connectivity index (χ2n) is 7.04. The molecule has 2 aliphatic heterocycles. The highest BCUT2D eigenvalue weighted by Gasteiger charge is 2.31. The Balaban J connectivity index is 1.29. The molecule has 2 saturated heterocycles. The van der Waals surface area contributed by atoms with Gasteiger partial charge in [0.25, 0.3) is 5.91 Å². The molecule has 0 N–H and O–H groups in total. The maximum absolute atomic E-state index is 12.8. The smallest absolute Gasteiger partial charge is 0.253 e. The van der Waals surface area contributed by atoms with E-state index in [0.29, 0.717) is 19.1 Å². The Labute approximate surface area is 164 Å². The van der Waals surface area contributed by atoms with Crippen LogP contribution in [0.1, 0.15) is 28.8 Å². The molecule has 4 rings (SSSR count). The molecule has 0 spiro atoms. The van der Waals surface area contributed by atoms with Crippen molar-refractivity contribution in [1.82, 2.24) is 4.90 Å². The van der Waals surface area contributed by atoms with Gasteiger partial charge in [0.2, 0.25) is 0 Å². The number of hydrogen-bond acceptors (Lipinski definition) is 4. The molecule has 0 saturated carbocycles. The van der Waals surface area contributed by atoms with Crippen molar-refractivity contribution in [2.45, 2.75) is 29.8 Å². The first-order chi connectivity index (χ1) is 13.3. The van der Waals surface area contributed by atoms with Crippen molar-refractivity contribution in [1.29, 1.82) is 0 Å². The molecule has 142 valence electrons. The van der Waals surface area contributed by atoms with Crippen molar-refractivity contribution in [3.05, 3.63) is 65.7 Å². The summed E-state index contributed by atoms with van der Waals surface area (Å²) in [4.78, 5) is 15.9. The van der Waals surface area contributed by atoms with Crippen LogP contribution in [0.25, 0.3) is 0 Å². The Hall–Kier alpha value is -1.82. The average Bonchev–Trinajstić information content (AvgIpc) is 3.28. The highest BCUT2D eigenvalue weighted by molar-refractivity contribution is 7.98. The number of thioether (sulfide) groups is 1. The van der Waals surface area contributed by atoms with E-state index in [9.17, 15) is 4.79 Å². The third kappa shape index (κ3) is 4.72. The first kappa shape index (κ1) is 18.5. The third-order valence-electron chi connectivity index (χ3n) is 5.21. The molecule has 1 amide bonds.